The van der Waals surface area contributed by atoms with Crippen molar-refractivity contribution in [2.45, 2.75) is 39.7 Å². The number of rotatable bonds is 8. The van der Waals surface area contributed by atoms with Gasteiger partial charge in [-0.1, -0.05) is 13.8 Å². The first kappa shape index (κ1) is 19.7. The predicted molar refractivity (Wildman–Crippen MR) is 99.5 cm³/mol. The molecular weight excluding hydrogens is 340 g/mol. The molecule has 6 nitrogen and oxygen atoms in total. The minimum atomic E-state index is -3.31. The van der Waals surface area contributed by atoms with E-state index >= 15 is 0 Å². The van der Waals surface area contributed by atoms with E-state index in [2.05, 4.69) is 19.2 Å². The van der Waals surface area contributed by atoms with Crippen molar-refractivity contribution < 1.29 is 17.9 Å². The molecule has 1 amide bonds. The number of anilines is 1. The van der Waals surface area contributed by atoms with Crippen LogP contribution in [0.15, 0.2) is 18.2 Å². The molecule has 2 rings (SSSR count). The summed E-state index contributed by atoms with van der Waals surface area (Å²) in [6, 6.07) is 5.07. The average molecular weight is 368 g/mol. The van der Waals surface area contributed by atoms with Crippen LogP contribution in [0, 0.1) is 5.92 Å². The van der Waals surface area contributed by atoms with Gasteiger partial charge in [0, 0.05) is 31.4 Å². The lowest BCUT2D eigenvalue weighted by molar-refractivity contribution is 0.0925. The first-order valence-electron chi connectivity index (χ1n) is 8.68. The summed E-state index contributed by atoms with van der Waals surface area (Å²) in [6.07, 6.45) is 2.59. The first-order valence-corrected chi connectivity index (χ1v) is 10.5. The van der Waals surface area contributed by atoms with Gasteiger partial charge in [0.15, 0.2) is 0 Å². The van der Waals surface area contributed by atoms with Gasteiger partial charge in [0.25, 0.3) is 5.91 Å². The Morgan fingerprint density at radius 3 is 2.76 bits per heavy atom. The average Bonchev–Trinajstić information content (AvgIpc) is 2.84. The molecule has 1 unspecified atom stereocenters. The van der Waals surface area contributed by atoms with Crippen molar-refractivity contribution >= 4 is 21.6 Å². The Bertz CT molecular complexity index is 716. The molecule has 1 aliphatic heterocycles. The van der Waals surface area contributed by atoms with Crippen molar-refractivity contribution in [2.75, 3.05) is 30.3 Å². The fraction of sp³-hybridized carbons (Fsp3) is 0.611. The number of nitrogens with zero attached hydrogens (tertiary/aromatic N) is 1. The third-order valence-electron chi connectivity index (χ3n) is 4.05. The molecule has 1 aliphatic rings. The Labute approximate surface area is 150 Å². The van der Waals surface area contributed by atoms with Crippen LogP contribution >= 0.6 is 0 Å². The number of sulfonamides is 1. The van der Waals surface area contributed by atoms with E-state index in [9.17, 15) is 13.2 Å². The lowest BCUT2D eigenvalue weighted by Gasteiger charge is -2.21. The quantitative estimate of drug-likeness (QED) is 0.714. The highest BCUT2D eigenvalue weighted by molar-refractivity contribution is 7.92. The van der Waals surface area contributed by atoms with Crippen molar-refractivity contribution in [1.29, 1.82) is 0 Å². The van der Waals surface area contributed by atoms with Crippen molar-refractivity contribution in [2.24, 2.45) is 5.92 Å². The number of benzene rings is 1. The van der Waals surface area contributed by atoms with Gasteiger partial charge in [0.1, 0.15) is 0 Å². The van der Waals surface area contributed by atoms with E-state index < -0.39 is 10.0 Å². The lowest BCUT2D eigenvalue weighted by Crippen LogP contribution is -2.34. The molecule has 0 spiro atoms. The Balaban J connectivity index is 1.92. The van der Waals surface area contributed by atoms with Gasteiger partial charge >= 0.3 is 0 Å². The number of fused-ring (bicyclic) bond motifs is 1. The van der Waals surface area contributed by atoms with Crippen LogP contribution in [0.3, 0.4) is 0 Å². The molecule has 7 heteroatoms. The van der Waals surface area contributed by atoms with Crippen LogP contribution in [0.4, 0.5) is 5.69 Å². The highest BCUT2D eigenvalue weighted by Crippen LogP contribution is 2.34. The zero-order valence-corrected chi connectivity index (χ0v) is 16.2. The molecule has 0 aliphatic carbocycles. The highest BCUT2D eigenvalue weighted by Gasteiger charge is 2.32. The second kappa shape index (κ2) is 8.19. The number of carbonyl (C=O) groups is 1. The third kappa shape index (κ3) is 5.19. The smallest absolute Gasteiger partial charge is 0.251 e. The second-order valence-corrected chi connectivity index (χ2v) is 8.89. The Kier molecular flexibility index (Phi) is 6.46. The van der Waals surface area contributed by atoms with Crippen LogP contribution < -0.4 is 9.62 Å². The molecule has 0 bridgehead atoms. The monoisotopic (exact) mass is 368 g/mol. The Morgan fingerprint density at radius 2 is 2.12 bits per heavy atom. The van der Waals surface area contributed by atoms with E-state index in [-0.39, 0.29) is 11.9 Å². The van der Waals surface area contributed by atoms with Crippen LogP contribution in [-0.2, 0) is 21.2 Å². The molecular formula is C18H28N2O4S. The fourth-order valence-corrected chi connectivity index (χ4v) is 4.31. The zero-order chi connectivity index (χ0) is 18.6. The molecule has 1 N–H and O–H groups in total. The van der Waals surface area contributed by atoms with Gasteiger partial charge in [-0.2, -0.15) is 0 Å². The maximum absolute atomic E-state index is 12.3. The van der Waals surface area contributed by atoms with Crippen molar-refractivity contribution in [3.8, 4) is 0 Å². The SMILES string of the molecule is CC(C)COCCCNC(=O)c1ccc2c(c1)CC(C)N2S(C)(=O)=O. The minimum Gasteiger partial charge on any atom is -0.381 e. The summed E-state index contributed by atoms with van der Waals surface area (Å²) >= 11 is 0. The van der Waals surface area contributed by atoms with Crippen molar-refractivity contribution in [3.05, 3.63) is 29.3 Å². The summed E-state index contributed by atoms with van der Waals surface area (Å²) in [5, 5.41) is 2.88. The van der Waals surface area contributed by atoms with Gasteiger partial charge in [-0.3, -0.25) is 9.10 Å². The molecule has 1 atom stereocenters. The summed E-state index contributed by atoms with van der Waals surface area (Å²) in [6.45, 7) is 7.98. The van der Waals surface area contributed by atoms with Crippen LogP contribution in [0.2, 0.25) is 0 Å². The molecule has 1 aromatic rings. The fourth-order valence-electron chi connectivity index (χ4n) is 3.05. The van der Waals surface area contributed by atoms with Crippen LogP contribution in [0.25, 0.3) is 0 Å². The number of hydrogen-bond acceptors (Lipinski definition) is 4. The second-order valence-electron chi connectivity index (χ2n) is 7.03. The van der Waals surface area contributed by atoms with E-state index in [0.29, 0.717) is 36.7 Å². The molecule has 0 aromatic heterocycles. The number of nitrogens with one attached hydrogen (secondary N) is 1. The Hall–Kier alpha value is -1.60. The highest BCUT2D eigenvalue weighted by atomic mass is 32.2. The van der Waals surface area contributed by atoms with Gasteiger partial charge in [-0.15, -0.1) is 0 Å². The van der Waals surface area contributed by atoms with Gasteiger partial charge in [-0.05, 0) is 49.4 Å². The third-order valence-corrected chi connectivity index (χ3v) is 5.33. The lowest BCUT2D eigenvalue weighted by atomic mass is 10.1. The maximum Gasteiger partial charge on any atom is 0.251 e. The predicted octanol–water partition coefficient (Wildman–Crippen LogP) is 2.19. The first-order chi connectivity index (χ1) is 11.7. The summed E-state index contributed by atoms with van der Waals surface area (Å²) in [5.74, 6) is 0.368. The molecule has 0 fully saturated rings. The topological polar surface area (TPSA) is 75.7 Å². The van der Waals surface area contributed by atoms with E-state index in [1.54, 1.807) is 18.2 Å². The van der Waals surface area contributed by atoms with Crippen molar-refractivity contribution in [1.82, 2.24) is 5.32 Å². The van der Waals surface area contributed by atoms with E-state index in [1.165, 1.54) is 10.6 Å². The standard InChI is InChI=1S/C18H28N2O4S/c1-13(2)12-24-9-5-8-19-18(21)15-6-7-17-16(11-15)10-14(3)20(17)25(4,22)23/h6-7,11,13-14H,5,8-10,12H2,1-4H3,(H,19,21). The molecule has 25 heavy (non-hydrogen) atoms. The van der Waals surface area contributed by atoms with E-state index in [4.69, 9.17) is 4.74 Å². The molecule has 0 radical (unpaired) electrons. The van der Waals surface area contributed by atoms with Crippen LogP contribution in [-0.4, -0.2) is 46.4 Å². The summed E-state index contributed by atoms with van der Waals surface area (Å²) in [7, 11) is -3.31. The Morgan fingerprint density at radius 1 is 1.40 bits per heavy atom. The van der Waals surface area contributed by atoms with Gasteiger partial charge < -0.3 is 10.1 Å². The van der Waals surface area contributed by atoms with E-state index in [0.717, 1.165) is 18.6 Å². The van der Waals surface area contributed by atoms with Crippen molar-refractivity contribution in [3.63, 3.8) is 0 Å². The van der Waals surface area contributed by atoms with Gasteiger partial charge in [0.2, 0.25) is 10.0 Å². The number of ether oxygens (including phenoxy) is 1. The number of amides is 1. The van der Waals surface area contributed by atoms with Gasteiger partial charge in [-0.25, -0.2) is 8.42 Å². The number of hydrogen-bond donors (Lipinski definition) is 1. The van der Waals surface area contributed by atoms with Gasteiger partial charge in [0.05, 0.1) is 11.9 Å². The maximum atomic E-state index is 12.3. The van der Waals surface area contributed by atoms with E-state index in [1.807, 2.05) is 6.92 Å². The molecule has 1 aromatic carbocycles. The summed E-state index contributed by atoms with van der Waals surface area (Å²) in [5.41, 5.74) is 2.13. The largest absolute Gasteiger partial charge is 0.381 e. The molecule has 1 heterocycles. The minimum absolute atomic E-state index is 0.124. The summed E-state index contributed by atoms with van der Waals surface area (Å²) < 4.78 is 30.8. The van der Waals surface area contributed by atoms with Crippen LogP contribution in [0.1, 0.15) is 43.1 Å². The molecule has 140 valence electrons. The summed E-state index contributed by atoms with van der Waals surface area (Å²) in [4.78, 5) is 12.3. The van der Waals surface area contributed by atoms with Crippen LogP contribution in [0.5, 0.6) is 0 Å². The molecule has 0 saturated carbocycles. The zero-order valence-electron chi connectivity index (χ0n) is 15.4. The molecule has 0 saturated heterocycles. The number of carbonyl (C=O) groups excluding carboxylic acids is 1. The normalized spacial score (nSPS) is 17.0.